The molecule has 1 aromatic carbocycles. The Kier molecular flexibility index (Phi) is 3.24. The van der Waals surface area contributed by atoms with Crippen molar-refractivity contribution in [1.82, 2.24) is 0 Å². The first-order valence-electron chi connectivity index (χ1n) is 3.97. The van der Waals surface area contributed by atoms with E-state index in [1.807, 2.05) is 6.92 Å². The SMILES string of the molecule is CC1Oc2ccc(Cl)cc2N=C1N.Cl. The number of nitrogens with two attached hydrogens (primary N) is 1. The number of ether oxygens (including phenoxy) is 1. The van der Waals surface area contributed by atoms with Crippen molar-refractivity contribution in [2.75, 3.05) is 0 Å². The molecule has 1 unspecified atom stereocenters. The van der Waals surface area contributed by atoms with Gasteiger partial charge < -0.3 is 10.5 Å². The predicted octanol–water partition coefficient (Wildman–Crippen LogP) is 2.53. The number of fused-ring (bicyclic) bond motifs is 1. The first-order chi connectivity index (χ1) is 6.16. The fourth-order valence-electron chi connectivity index (χ4n) is 1.16. The van der Waals surface area contributed by atoms with Crippen LogP contribution in [0.5, 0.6) is 5.75 Å². The Morgan fingerprint density at radius 1 is 1.50 bits per heavy atom. The number of aliphatic imine (C=N–C) groups is 1. The van der Waals surface area contributed by atoms with Crippen molar-refractivity contribution in [3.8, 4) is 5.75 Å². The Morgan fingerprint density at radius 2 is 2.21 bits per heavy atom. The third kappa shape index (κ3) is 1.94. The highest BCUT2D eigenvalue weighted by molar-refractivity contribution is 6.30. The molecule has 2 N–H and O–H groups in total. The van der Waals surface area contributed by atoms with E-state index in [2.05, 4.69) is 4.99 Å². The molecule has 14 heavy (non-hydrogen) atoms. The highest BCUT2D eigenvalue weighted by atomic mass is 35.5. The van der Waals surface area contributed by atoms with Crippen LogP contribution in [0.1, 0.15) is 6.92 Å². The van der Waals surface area contributed by atoms with Crippen LogP contribution in [0.25, 0.3) is 0 Å². The summed E-state index contributed by atoms with van der Waals surface area (Å²) in [5.41, 5.74) is 6.32. The van der Waals surface area contributed by atoms with Gasteiger partial charge in [-0.15, -0.1) is 12.4 Å². The first kappa shape index (κ1) is 11.1. The summed E-state index contributed by atoms with van der Waals surface area (Å²) in [5, 5.41) is 0.633. The topological polar surface area (TPSA) is 47.6 Å². The zero-order valence-electron chi connectivity index (χ0n) is 7.53. The number of rotatable bonds is 0. The van der Waals surface area contributed by atoms with Crippen molar-refractivity contribution in [2.24, 2.45) is 10.7 Å². The largest absolute Gasteiger partial charge is 0.481 e. The van der Waals surface area contributed by atoms with E-state index in [-0.39, 0.29) is 18.5 Å². The lowest BCUT2D eigenvalue weighted by Gasteiger charge is -2.20. The molecule has 1 aliphatic rings. The molecule has 0 bridgehead atoms. The van der Waals surface area contributed by atoms with Gasteiger partial charge in [-0.3, -0.25) is 0 Å². The van der Waals surface area contributed by atoms with Gasteiger partial charge in [-0.1, -0.05) is 11.6 Å². The maximum Gasteiger partial charge on any atom is 0.153 e. The zero-order valence-corrected chi connectivity index (χ0v) is 9.10. The standard InChI is InChI=1S/C9H9ClN2O.ClH/c1-5-9(11)12-7-4-6(10)2-3-8(7)13-5;/h2-5H,1H3,(H2,11,12);1H. The quantitative estimate of drug-likeness (QED) is 0.748. The van der Waals surface area contributed by atoms with E-state index in [0.29, 0.717) is 16.5 Å². The lowest BCUT2D eigenvalue weighted by Crippen LogP contribution is -2.33. The third-order valence-electron chi connectivity index (χ3n) is 1.89. The van der Waals surface area contributed by atoms with Crippen molar-refractivity contribution in [3.05, 3.63) is 23.2 Å². The van der Waals surface area contributed by atoms with Crippen LogP contribution in [0.2, 0.25) is 5.02 Å². The average Bonchev–Trinajstić information content (AvgIpc) is 2.08. The summed E-state index contributed by atoms with van der Waals surface area (Å²) in [5.74, 6) is 1.21. The van der Waals surface area contributed by atoms with Crippen LogP contribution in [-0.2, 0) is 0 Å². The number of halogens is 2. The second-order valence-electron chi connectivity index (χ2n) is 2.91. The first-order valence-corrected chi connectivity index (χ1v) is 4.35. The molecular weight excluding hydrogens is 223 g/mol. The maximum atomic E-state index is 5.80. The summed E-state index contributed by atoms with van der Waals surface area (Å²) in [6.45, 7) is 1.86. The van der Waals surface area contributed by atoms with Gasteiger partial charge in [-0.05, 0) is 25.1 Å². The summed E-state index contributed by atoms with van der Waals surface area (Å²) < 4.78 is 5.48. The molecule has 1 atom stereocenters. The Labute approximate surface area is 93.3 Å². The smallest absolute Gasteiger partial charge is 0.153 e. The van der Waals surface area contributed by atoms with Gasteiger partial charge in [-0.2, -0.15) is 0 Å². The van der Waals surface area contributed by atoms with E-state index in [1.54, 1.807) is 18.2 Å². The summed E-state index contributed by atoms with van der Waals surface area (Å²) in [4.78, 5) is 4.17. The van der Waals surface area contributed by atoms with Crippen LogP contribution in [-0.4, -0.2) is 11.9 Å². The van der Waals surface area contributed by atoms with Gasteiger partial charge in [0.2, 0.25) is 0 Å². The lowest BCUT2D eigenvalue weighted by molar-refractivity contribution is 0.281. The molecule has 2 rings (SSSR count). The summed E-state index contributed by atoms with van der Waals surface area (Å²) in [6.07, 6.45) is -0.159. The second kappa shape index (κ2) is 4.07. The lowest BCUT2D eigenvalue weighted by atomic mass is 10.2. The van der Waals surface area contributed by atoms with Crippen LogP contribution in [0.15, 0.2) is 23.2 Å². The molecule has 3 nitrogen and oxygen atoms in total. The molecule has 0 spiro atoms. The number of hydrogen-bond donors (Lipinski definition) is 1. The van der Waals surface area contributed by atoms with E-state index in [4.69, 9.17) is 22.1 Å². The summed E-state index contributed by atoms with van der Waals surface area (Å²) in [6, 6.07) is 5.30. The highest BCUT2D eigenvalue weighted by Gasteiger charge is 2.17. The highest BCUT2D eigenvalue weighted by Crippen LogP contribution is 2.33. The molecule has 76 valence electrons. The Hall–Kier alpha value is -0.930. The van der Waals surface area contributed by atoms with Gasteiger partial charge in [0, 0.05) is 5.02 Å². The number of amidine groups is 1. The van der Waals surface area contributed by atoms with Crippen molar-refractivity contribution >= 4 is 35.5 Å². The van der Waals surface area contributed by atoms with Crippen LogP contribution >= 0.6 is 24.0 Å². The molecule has 0 saturated heterocycles. The van der Waals surface area contributed by atoms with Gasteiger partial charge >= 0.3 is 0 Å². The Bertz CT molecular complexity index is 379. The molecule has 0 radical (unpaired) electrons. The molecule has 0 saturated carbocycles. The van der Waals surface area contributed by atoms with E-state index in [9.17, 15) is 0 Å². The minimum absolute atomic E-state index is 0. The van der Waals surface area contributed by atoms with Gasteiger partial charge in [0.25, 0.3) is 0 Å². The molecule has 0 aliphatic carbocycles. The number of benzene rings is 1. The fourth-order valence-corrected chi connectivity index (χ4v) is 1.32. The van der Waals surface area contributed by atoms with Crippen molar-refractivity contribution in [1.29, 1.82) is 0 Å². The van der Waals surface area contributed by atoms with Gasteiger partial charge in [0.05, 0.1) is 0 Å². The average molecular weight is 233 g/mol. The fraction of sp³-hybridized carbons (Fsp3) is 0.222. The van der Waals surface area contributed by atoms with Crippen LogP contribution < -0.4 is 10.5 Å². The van der Waals surface area contributed by atoms with Crippen molar-refractivity contribution in [3.63, 3.8) is 0 Å². The van der Waals surface area contributed by atoms with Crippen LogP contribution in [0.4, 0.5) is 5.69 Å². The van der Waals surface area contributed by atoms with E-state index < -0.39 is 0 Å². The van der Waals surface area contributed by atoms with Crippen molar-refractivity contribution < 1.29 is 4.74 Å². The minimum atomic E-state index is -0.159. The molecule has 1 aromatic rings. The second-order valence-corrected chi connectivity index (χ2v) is 3.35. The minimum Gasteiger partial charge on any atom is -0.481 e. The van der Waals surface area contributed by atoms with E-state index in [0.717, 1.165) is 5.75 Å². The van der Waals surface area contributed by atoms with Gasteiger partial charge in [0.15, 0.2) is 6.10 Å². The van der Waals surface area contributed by atoms with Gasteiger partial charge in [-0.25, -0.2) is 4.99 Å². The van der Waals surface area contributed by atoms with Crippen molar-refractivity contribution in [2.45, 2.75) is 13.0 Å². The predicted molar refractivity (Wildman–Crippen MR) is 60.1 cm³/mol. The third-order valence-corrected chi connectivity index (χ3v) is 2.13. The molecular formula is C9H10Cl2N2O. The zero-order chi connectivity index (χ0) is 9.42. The molecule has 1 heterocycles. The molecule has 5 heteroatoms. The number of hydrogen-bond acceptors (Lipinski definition) is 3. The molecule has 1 aliphatic heterocycles. The number of nitrogens with zero attached hydrogens (tertiary/aromatic N) is 1. The van der Waals surface area contributed by atoms with Crippen LogP contribution in [0.3, 0.4) is 0 Å². The summed E-state index contributed by atoms with van der Waals surface area (Å²) >= 11 is 5.80. The maximum absolute atomic E-state index is 5.80. The van der Waals surface area contributed by atoms with Crippen LogP contribution in [0, 0.1) is 0 Å². The van der Waals surface area contributed by atoms with E-state index in [1.165, 1.54) is 0 Å². The molecule has 0 amide bonds. The summed E-state index contributed by atoms with van der Waals surface area (Å²) in [7, 11) is 0. The Balaban J connectivity index is 0.000000980. The molecule has 0 aromatic heterocycles. The monoisotopic (exact) mass is 232 g/mol. The van der Waals surface area contributed by atoms with Gasteiger partial charge in [0.1, 0.15) is 17.3 Å². The normalized spacial score (nSPS) is 18.7. The molecule has 0 fully saturated rings. The van der Waals surface area contributed by atoms with E-state index >= 15 is 0 Å². The Morgan fingerprint density at radius 3 is 2.93 bits per heavy atom.